The van der Waals surface area contributed by atoms with E-state index >= 15 is 0 Å². The van der Waals surface area contributed by atoms with E-state index in [0.717, 1.165) is 23.3 Å². The van der Waals surface area contributed by atoms with Crippen LogP contribution in [0.1, 0.15) is 38.5 Å². The summed E-state index contributed by atoms with van der Waals surface area (Å²) >= 11 is 7.32. The number of halogens is 1. The topological polar surface area (TPSA) is 55.1 Å². The quantitative estimate of drug-likeness (QED) is 0.788. The lowest BCUT2D eigenvalue weighted by Gasteiger charge is -2.56. The van der Waals surface area contributed by atoms with Crippen molar-refractivity contribution in [3.8, 4) is 0 Å². The van der Waals surface area contributed by atoms with Gasteiger partial charge in [0.05, 0.1) is 5.75 Å². The Bertz CT molecular complexity index is 799. The number of rotatable bonds is 4. The van der Waals surface area contributed by atoms with Crippen molar-refractivity contribution in [1.82, 2.24) is 10.3 Å². The summed E-state index contributed by atoms with van der Waals surface area (Å²) in [4.78, 5) is 17.0. The van der Waals surface area contributed by atoms with Gasteiger partial charge in [-0.3, -0.25) is 4.79 Å². The largest absolute Gasteiger partial charge is 0.431 e. The van der Waals surface area contributed by atoms with Gasteiger partial charge in [0, 0.05) is 16.6 Å². The first-order valence-electron chi connectivity index (χ1n) is 9.07. The molecule has 6 rings (SSSR count). The molecule has 0 atom stereocenters. The lowest BCUT2D eigenvalue weighted by atomic mass is 9.53. The average molecular weight is 377 g/mol. The Kier molecular flexibility index (Phi) is 3.79. The fourth-order valence-electron chi connectivity index (χ4n) is 5.66. The Morgan fingerprint density at radius 3 is 2.60 bits per heavy atom. The summed E-state index contributed by atoms with van der Waals surface area (Å²) in [5.41, 5.74) is 1.51. The molecular weight excluding hydrogens is 356 g/mol. The number of fused-ring (bicyclic) bond motifs is 1. The molecule has 4 aliphatic carbocycles. The highest BCUT2D eigenvalue weighted by molar-refractivity contribution is 7.99. The van der Waals surface area contributed by atoms with Crippen molar-refractivity contribution in [2.24, 2.45) is 17.8 Å². The summed E-state index contributed by atoms with van der Waals surface area (Å²) in [5, 5.41) is 4.54. The fraction of sp³-hybridized carbons (Fsp3) is 0.579. The molecule has 1 aromatic heterocycles. The van der Waals surface area contributed by atoms with Crippen LogP contribution in [0.25, 0.3) is 11.1 Å². The van der Waals surface area contributed by atoms with Gasteiger partial charge < -0.3 is 9.73 Å². The predicted molar refractivity (Wildman–Crippen MR) is 98.8 cm³/mol. The number of thioether (sulfide) groups is 1. The number of oxazole rings is 1. The molecule has 2 aromatic rings. The fourth-order valence-corrected chi connectivity index (χ4v) is 6.46. The van der Waals surface area contributed by atoms with Crippen molar-refractivity contribution in [2.45, 2.75) is 49.3 Å². The third-order valence-electron chi connectivity index (χ3n) is 6.10. The molecule has 1 aromatic carbocycles. The number of nitrogens with one attached hydrogen (secondary N) is 1. The molecule has 25 heavy (non-hydrogen) atoms. The van der Waals surface area contributed by atoms with E-state index in [2.05, 4.69) is 10.3 Å². The number of aromatic nitrogens is 1. The van der Waals surface area contributed by atoms with Gasteiger partial charge in [-0.15, -0.1) is 0 Å². The molecule has 0 saturated heterocycles. The average Bonchev–Trinajstić information content (AvgIpc) is 2.93. The third kappa shape index (κ3) is 3.06. The van der Waals surface area contributed by atoms with Gasteiger partial charge in [0.15, 0.2) is 5.58 Å². The molecule has 4 bridgehead atoms. The lowest BCUT2D eigenvalue weighted by Crippen LogP contribution is -2.60. The molecule has 4 aliphatic rings. The maximum Gasteiger partial charge on any atom is 0.257 e. The SMILES string of the molecule is O=C(CSc1nc2ccc(Cl)cc2o1)NC12CC3CC(CC(C3)C1)C2. The summed E-state index contributed by atoms with van der Waals surface area (Å²) in [6.45, 7) is 0. The maximum absolute atomic E-state index is 12.5. The van der Waals surface area contributed by atoms with E-state index in [-0.39, 0.29) is 11.4 Å². The number of benzene rings is 1. The van der Waals surface area contributed by atoms with Crippen LogP contribution in [0, 0.1) is 17.8 Å². The van der Waals surface area contributed by atoms with E-state index in [1.807, 2.05) is 6.07 Å². The molecule has 132 valence electrons. The highest BCUT2D eigenvalue weighted by Gasteiger charge is 2.51. The van der Waals surface area contributed by atoms with Crippen LogP contribution < -0.4 is 5.32 Å². The molecule has 6 heteroatoms. The van der Waals surface area contributed by atoms with Crippen LogP contribution in [0.2, 0.25) is 5.02 Å². The van der Waals surface area contributed by atoms with Crippen LogP contribution in [0.15, 0.2) is 27.8 Å². The van der Waals surface area contributed by atoms with Crippen LogP contribution in [0.3, 0.4) is 0 Å². The van der Waals surface area contributed by atoms with Crippen molar-refractivity contribution in [1.29, 1.82) is 0 Å². The van der Waals surface area contributed by atoms with Crippen LogP contribution in [-0.4, -0.2) is 22.2 Å². The van der Waals surface area contributed by atoms with E-state index in [1.165, 1.54) is 50.3 Å². The summed E-state index contributed by atoms with van der Waals surface area (Å²) in [7, 11) is 0. The Labute approximate surface area is 156 Å². The van der Waals surface area contributed by atoms with Crippen LogP contribution in [-0.2, 0) is 4.79 Å². The Hall–Kier alpha value is -1.20. The molecule has 4 fully saturated rings. The van der Waals surface area contributed by atoms with Gasteiger partial charge in [-0.1, -0.05) is 23.4 Å². The summed E-state index contributed by atoms with van der Waals surface area (Å²) in [5.74, 6) is 2.96. The minimum atomic E-state index is 0.0707. The Balaban J connectivity index is 1.23. The van der Waals surface area contributed by atoms with Crippen LogP contribution in [0.5, 0.6) is 0 Å². The smallest absolute Gasteiger partial charge is 0.257 e. The molecule has 0 radical (unpaired) electrons. The van der Waals surface area contributed by atoms with E-state index in [0.29, 0.717) is 21.6 Å². The second-order valence-electron chi connectivity index (χ2n) is 8.13. The first kappa shape index (κ1) is 16.0. The number of carbonyl (C=O) groups excluding carboxylic acids is 1. The van der Waals surface area contributed by atoms with Gasteiger partial charge >= 0.3 is 0 Å². The minimum Gasteiger partial charge on any atom is -0.431 e. The normalized spacial score (nSPS) is 33.1. The first-order valence-corrected chi connectivity index (χ1v) is 10.4. The van der Waals surface area contributed by atoms with Crippen molar-refractivity contribution in [2.75, 3.05) is 5.75 Å². The van der Waals surface area contributed by atoms with Crippen LogP contribution in [0.4, 0.5) is 0 Å². The lowest BCUT2D eigenvalue weighted by molar-refractivity contribution is -0.124. The zero-order valence-corrected chi connectivity index (χ0v) is 15.5. The van der Waals surface area contributed by atoms with E-state index in [4.69, 9.17) is 16.0 Å². The summed E-state index contributed by atoms with van der Waals surface area (Å²) < 4.78 is 5.68. The Morgan fingerprint density at radius 2 is 1.92 bits per heavy atom. The maximum atomic E-state index is 12.5. The van der Waals surface area contributed by atoms with E-state index in [1.54, 1.807) is 12.1 Å². The molecule has 0 aliphatic heterocycles. The molecule has 1 N–H and O–H groups in total. The van der Waals surface area contributed by atoms with Gasteiger partial charge in [-0.2, -0.15) is 0 Å². The third-order valence-corrected chi connectivity index (χ3v) is 7.16. The molecule has 1 amide bonds. The Morgan fingerprint density at radius 1 is 1.24 bits per heavy atom. The highest BCUT2D eigenvalue weighted by Crippen LogP contribution is 2.55. The second-order valence-corrected chi connectivity index (χ2v) is 9.49. The molecule has 1 heterocycles. The van der Waals surface area contributed by atoms with Crippen molar-refractivity contribution >= 4 is 40.4 Å². The summed E-state index contributed by atoms with van der Waals surface area (Å²) in [6, 6.07) is 5.38. The number of hydrogen-bond donors (Lipinski definition) is 1. The number of nitrogens with zero attached hydrogens (tertiary/aromatic N) is 1. The molecule has 4 saturated carbocycles. The van der Waals surface area contributed by atoms with E-state index in [9.17, 15) is 4.79 Å². The number of carbonyl (C=O) groups is 1. The molecule has 0 unspecified atom stereocenters. The number of amides is 1. The van der Waals surface area contributed by atoms with E-state index < -0.39 is 0 Å². The molecular formula is C19H21ClN2O2S. The minimum absolute atomic E-state index is 0.0707. The highest BCUT2D eigenvalue weighted by atomic mass is 35.5. The van der Waals surface area contributed by atoms with Crippen molar-refractivity contribution in [3.05, 3.63) is 23.2 Å². The molecule has 4 nitrogen and oxygen atoms in total. The second kappa shape index (κ2) is 5.92. The monoisotopic (exact) mass is 376 g/mol. The zero-order valence-electron chi connectivity index (χ0n) is 14.0. The van der Waals surface area contributed by atoms with Gasteiger partial charge in [0.25, 0.3) is 5.22 Å². The van der Waals surface area contributed by atoms with Crippen LogP contribution >= 0.6 is 23.4 Å². The number of hydrogen-bond acceptors (Lipinski definition) is 4. The van der Waals surface area contributed by atoms with Gasteiger partial charge in [0.2, 0.25) is 5.91 Å². The van der Waals surface area contributed by atoms with Gasteiger partial charge in [-0.25, -0.2) is 4.98 Å². The zero-order chi connectivity index (χ0) is 17.0. The van der Waals surface area contributed by atoms with Crippen molar-refractivity contribution < 1.29 is 9.21 Å². The van der Waals surface area contributed by atoms with Gasteiger partial charge in [-0.05, 0) is 68.4 Å². The first-order chi connectivity index (χ1) is 12.1. The predicted octanol–water partition coefficient (Wildman–Crippen LogP) is 4.66. The van der Waals surface area contributed by atoms with Crippen molar-refractivity contribution in [3.63, 3.8) is 0 Å². The van der Waals surface area contributed by atoms with Gasteiger partial charge in [0.1, 0.15) is 5.52 Å². The molecule has 0 spiro atoms. The summed E-state index contributed by atoms with van der Waals surface area (Å²) in [6.07, 6.45) is 7.68. The standard InChI is InChI=1S/C19H21ClN2O2S/c20-14-1-2-15-16(6-14)24-18(21-15)25-10-17(23)22-19-7-11-3-12(8-19)5-13(4-11)9-19/h1-2,6,11-13H,3-5,7-10H2,(H,22,23).